The van der Waals surface area contributed by atoms with E-state index in [0.717, 1.165) is 25.7 Å². The number of carbonyl (C=O) groups is 1. The lowest BCUT2D eigenvalue weighted by Crippen LogP contribution is -2.15. The number of Topliss-reactive ketones (excluding diaryl/α,β-unsaturated/α-hetero) is 1. The monoisotopic (exact) mass is 376 g/mol. The third-order valence-electron chi connectivity index (χ3n) is 5.43. The van der Waals surface area contributed by atoms with E-state index < -0.39 is 0 Å². The second-order valence-electron chi connectivity index (χ2n) is 7.88. The van der Waals surface area contributed by atoms with Gasteiger partial charge in [0.1, 0.15) is 11.5 Å². The highest BCUT2D eigenvalue weighted by Gasteiger charge is 2.22. The molecule has 0 saturated heterocycles. The second kappa shape index (κ2) is 14.5. The standard InChI is InChI=1S/C24H40O3/c1-3-5-7-9-11-13-15-20(16-14-12-10-8-6-4-2)24(27)22-19-21(25)17-18-23(22)26/h17-20,25-26H,3-16H2,1-2H3. The summed E-state index contributed by atoms with van der Waals surface area (Å²) >= 11 is 0. The summed E-state index contributed by atoms with van der Waals surface area (Å²) in [5.41, 5.74) is 0.275. The number of carbonyl (C=O) groups excluding carboxylic acids is 1. The third kappa shape index (κ3) is 9.83. The summed E-state index contributed by atoms with van der Waals surface area (Å²) in [5.74, 6) is -0.0386. The summed E-state index contributed by atoms with van der Waals surface area (Å²) in [4.78, 5) is 13.0. The van der Waals surface area contributed by atoms with E-state index >= 15 is 0 Å². The van der Waals surface area contributed by atoms with Crippen molar-refractivity contribution in [1.29, 1.82) is 0 Å². The van der Waals surface area contributed by atoms with E-state index in [4.69, 9.17) is 0 Å². The molecule has 0 spiro atoms. The lowest BCUT2D eigenvalue weighted by molar-refractivity contribution is 0.0898. The summed E-state index contributed by atoms with van der Waals surface area (Å²) in [7, 11) is 0. The lowest BCUT2D eigenvalue weighted by atomic mass is 9.87. The van der Waals surface area contributed by atoms with Gasteiger partial charge in [0.2, 0.25) is 0 Å². The first-order valence-corrected chi connectivity index (χ1v) is 11.2. The number of hydrogen-bond donors (Lipinski definition) is 2. The van der Waals surface area contributed by atoms with Crippen LogP contribution < -0.4 is 0 Å². The number of phenolic OH excluding ortho intramolecular Hbond substituents is 2. The Morgan fingerprint density at radius 2 is 1.26 bits per heavy atom. The lowest BCUT2D eigenvalue weighted by Gasteiger charge is -2.17. The van der Waals surface area contributed by atoms with Crippen LogP contribution in [0, 0.1) is 5.92 Å². The normalized spacial score (nSPS) is 11.2. The van der Waals surface area contributed by atoms with Gasteiger partial charge in [-0.15, -0.1) is 0 Å². The van der Waals surface area contributed by atoms with Crippen LogP contribution >= 0.6 is 0 Å². The van der Waals surface area contributed by atoms with Crippen LogP contribution in [-0.4, -0.2) is 16.0 Å². The van der Waals surface area contributed by atoms with Crippen LogP contribution in [0.1, 0.15) is 114 Å². The molecular formula is C24H40O3. The summed E-state index contributed by atoms with van der Waals surface area (Å²) in [6.45, 7) is 4.44. The predicted octanol–water partition coefficient (Wildman–Crippen LogP) is 7.40. The zero-order valence-electron chi connectivity index (χ0n) is 17.5. The average molecular weight is 377 g/mol. The van der Waals surface area contributed by atoms with Gasteiger partial charge < -0.3 is 10.2 Å². The van der Waals surface area contributed by atoms with Crippen LogP contribution in [0.4, 0.5) is 0 Å². The maximum atomic E-state index is 13.0. The first-order valence-electron chi connectivity index (χ1n) is 11.2. The molecule has 0 unspecified atom stereocenters. The largest absolute Gasteiger partial charge is 0.508 e. The summed E-state index contributed by atoms with van der Waals surface area (Å²) in [5, 5.41) is 19.8. The average Bonchev–Trinajstić information content (AvgIpc) is 2.67. The van der Waals surface area contributed by atoms with Crippen molar-refractivity contribution in [2.45, 2.75) is 104 Å². The summed E-state index contributed by atoms with van der Waals surface area (Å²) in [6, 6.07) is 4.24. The van der Waals surface area contributed by atoms with Gasteiger partial charge in [-0.2, -0.15) is 0 Å². The fraction of sp³-hybridized carbons (Fsp3) is 0.708. The second-order valence-corrected chi connectivity index (χ2v) is 7.88. The van der Waals surface area contributed by atoms with E-state index in [9.17, 15) is 15.0 Å². The number of unbranched alkanes of at least 4 members (excludes halogenated alkanes) is 10. The van der Waals surface area contributed by atoms with E-state index in [1.807, 2.05) is 0 Å². The van der Waals surface area contributed by atoms with Crippen LogP contribution in [0.5, 0.6) is 11.5 Å². The minimum Gasteiger partial charge on any atom is -0.508 e. The molecule has 1 aromatic rings. The van der Waals surface area contributed by atoms with Gasteiger partial charge in [0.25, 0.3) is 0 Å². The van der Waals surface area contributed by atoms with Gasteiger partial charge >= 0.3 is 0 Å². The van der Waals surface area contributed by atoms with Gasteiger partial charge in [-0.3, -0.25) is 4.79 Å². The van der Waals surface area contributed by atoms with Gasteiger partial charge in [0.05, 0.1) is 5.56 Å². The molecule has 0 aromatic heterocycles. The number of hydrogen-bond acceptors (Lipinski definition) is 3. The SMILES string of the molecule is CCCCCCCCC(CCCCCCCC)C(=O)c1cc(O)ccc1O. The van der Waals surface area contributed by atoms with Crippen LogP contribution in [0.3, 0.4) is 0 Å². The van der Waals surface area contributed by atoms with Gasteiger partial charge in [-0.1, -0.05) is 90.9 Å². The van der Waals surface area contributed by atoms with E-state index in [2.05, 4.69) is 13.8 Å². The van der Waals surface area contributed by atoms with E-state index in [1.165, 1.54) is 82.4 Å². The van der Waals surface area contributed by atoms with Crippen molar-refractivity contribution >= 4 is 5.78 Å². The summed E-state index contributed by atoms with van der Waals surface area (Å²) in [6.07, 6.45) is 16.3. The van der Waals surface area contributed by atoms with Crippen LogP contribution in [0.15, 0.2) is 18.2 Å². The van der Waals surface area contributed by atoms with Gasteiger partial charge in [-0.25, -0.2) is 0 Å². The Balaban J connectivity index is 2.57. The zero-order chi connectivity index (χ0) is 19.9. The Morgan fingerprint density at radius 3 is 1.78 bits per heavy atom. The molecule has 3 heteroatoms. The first kappa shape index (κ1) is 23.5. The number of ketones is 1. The Hall–Kier alpha value is -1.51. The number of aromatic hydroxyl groups is 2. The fourth-order valence-corrected chi connectivity index (χ4v) is 3.69. The highest BCUT2D eigenvalue weighted by molar-refractivity contribution is 6.00. The Kier molecular flexibility index (Phi) is 12.7. The Bertz CT molecular complexity index is 508. The van der Waals surface area contributed by atoms with Crippen LogP contribution in [-0.2, 0) is 0 Å². The molecule has 1 rings (SSSR count). The molecule has 27 heavy (non-hydrogen) atoms. The Labute approximate surface area is 166 Å². The predicted molar refractivity (Wildman–Crippen MR) is 114 cm³/mol. The van der Waals surface area contributed by atoms with Gasteiger partial charge in [0, 0.05) is 5.92 Å². The molecule has 1 aromatic carbocycles. The van der Waals surface area contributed by atoms with Crippen LogP contribution in [0.25, 0.3) is 0 Å². The fourth-order valence-electron chi connectivity index (χ4n) is 3.69. The zero-order valence-corrected chi connectivity index (χ0v) is 17.5. The Morgan fingerprint density at radius 1 is 0.778 bits per heavy atom. The highest BCUT2D eigenvalue weighted by atomic mass is 16.3. The molecule has 0 bridgehead atoms. The van der Waals surface area contributed by atoms with Crippen molar-refractivity contribution in [3.63, 3.8) is 0 Å². The molecule has 0 saturated carbocycles. The molecule has 0 aliphatic heterocycles. The van der Waals surface area contributed by atoms with Crippen molar-refractivity contribution in [3.05, 3.63) is 23.8 Å². The molecule has 3 nitrogen and oxygen atoms in total. The van der Waals surface area contributed by atoms with Gasteiger partial charge in [0.15, 0.2) is 5.78 Å². The number of phenols is 2. The molecule has 0 radical (unpaired) electrons. The van der Waals surface area contributed by atoms with E-state index in [-0.39, 0.29) is 28.8 Å². The molecule has 2 N–H and O–H groups in total. The topological polar surface area (TPSA) is 57.5 Å². The maximum Gasteiger partial charge on any atom is 0.169 e. The molecular weight excluding hydrogens is 336 g/mol. The molecule has 0 amide bonds. The van der Waals surface area contributed by atoms with E-state index in [0.29, 0.717) is 0 Å². The number of rotatable bonds is 16. The third-order valence-corrected chi connectivity index (χ3v) is 5.43. The van der Waals surface area contributed by atoms with Crippen molar-refractivity contribution in [2.75, 3.05) is 0 Å². The molecule has 0 atom stereocenters. The number of benzene rings is 1. The molecule has 0 heterocycles. The molecule has 0 fully saturated rings. The van der Waals surface area contributed by atoms with Crippen molar-refractivity contribution in [1.82, 2.24) is 0 Å². The molecule has 0 aliphatic rings. The van der Waals surface area contributed by atoms with Crippen molar-refractivity contribution in [2.24, 2.45) is 5.92 Å². The smallest absolute Gasteiger partial charge is 0.169 e. The van der Waals surface area contributed by atoms with E-state index in [1.54, 1.807) is 0 Å². The maximum absolute atomic E-state index is 13.0. The first-order chi connectivity index (χ1) is 13.1. The summed E-state index contributed by atoms with van der Waals surface area (Å²) < 4.78 is 0. The molecule has 0 aliphatic carbocycles. The minimum atomic E-state index is -0.0462. The van der Waals surface area contributed by atoms with Crippen molar-refractivity contribution < 1.29 is 15.0 Å². The quantitative estimate of drug-likeness (QED) is 0.179. The molecule has 154 valence electrons. The van der Waals surface area contributed by atoms with Gasteiger partial charge in [-0.05, 0) is 31.0 Å². The minimum absolute atomic E-state index is 0.00878. The van der Waals surface area contributed by atoms with Crippen LogP contribution in [0.2, 0.25) is 0 Å². The van der Waals surface area contributed by atoms with Crippen molar-refractivity contribution in [3.8, 4) is 11.5 Å². The highest BCUT2D eigenvalue weighted by Crippen LogP contribution is 2.29.